The average Bonchev–Trinajstić information content (AvgIpc) is 2.42. The molecule has 2 aromatic rings. The molecule has 0 atom stereocenters. The second-order valence-corrected chi connectivity index (χ2v) is 3.72. The normalized spacial score (nSPS) is 11.5. The zero-order chi connectivity index (χ0) is 12.8. The van der Waals surface area contributed by atoms with Crippen molar-refractivity contribution in [3.8, 4) is 6.07 Å². The number of pyridine rings is 2. The van der Waals surface area contributed by atoms with E-state index in [2.05, 4.69) is 16.0 Å². The molecular formula is C14H12N4. The minimum Gasteiger partial charge on any atom is -0.401 e. The Morgan fingerprint density at radius 3 is 2.39 bits per heavy atom. The monoisotopic (exact) mass is 236 g/mol. The molecule has 4 nitrogen and oxygen atoms in total. The highest BCUT2D eigenvalue weighted by Crippen LogP contribution is 2.15. The highest BCUT2D eigenvalue weighted by Gasteiger charge is 2.08. The van der Waals surface area contributed by atoms with Gasteiger partial charge in [-0.05, 0) is 24.3 Å². The number of hydrogen-bond donors (Lipinski definition) is 1. The molecule has 88 valence electrons. The van der Waals surface area contributed by atoms with Gasteiger partial charge in [-0.2, -0.15) is 5.26 Å². The van der Waals surface area contributed by atoms with E-state index in [1.165, 1.54) is 0 Å². The summed E-state index contributed by atoms with van der Waals surface area (Å²) < 4.78 is 0. The van der Waals surface area contributed by atoms with Crippen LogP contribution in [-0.2, 0) is 6.42 Å². The van der Waals surface area contributed by atoms with Crippen LogP contribution in [0.2, 0.25) is 0 Å². The second-order valence-electron chi connectivity index (χ2n) is 3.72. The summed E-state index contributed by atoms with van der Waals surface area (Å²) in [5.41, 5.74) is 8.28. The predicted octanol–water partition coefficient (Wildman–Crippen LogP) is 1.91. The van der Waals surface area contributed by atoms with Crippen LogP contribution < -0.4 is 5.73 Å². The molecule has 0 aliphatic rings. The van der Waals surface area contributed by atoms with Gasteiger partial charge < -0.3 is 5.73 Å². The Balaban J connectivity index is 2.31. The smallest absolute Gasteiger partial charge is 0.103 e. The highest BCUT2D eigenvalue weighted by molar-refractivity contribution is 5.76. The number of rotatable bonds is 3. The zero-order valence-corrected chi connectivity index (χ0v) is 9.74. The molecule has 0 radical (unpaired) electrons. The van der Waals surface area contributed by atoms with E-state index in [1.54, 1.807) is 24.5 Å². The van der Waals surface area contributed by atoms with Crippen LogP contribution in [0.1, 0.15) is 11.4 Å². The molecule has 18 heavy (non-hydrogen) atoms. The maximum Gasteiger partial charge on any atom is 0.103 e. The summed E-state index contributed by atoms with van der Waals surface area (Å²) in [5.74, 6) is 0. The fraction of sp³-hybridized carbons (Fsp3) is 0.0714. The predicted molar refractivity (Wildman–Crippen MR) is 68.9 cm³/mol. The van der Waals surface area contributed by atoms with Gasteiger partial charge >= 0.3 is 0 Å². The molecule has 0 spiro atoms. The molecule has 0 amide bonds. The molecule has 0 fully saturated rings. The molecular weight excluding hydrogens is 224 g/mol. The lowest BCUT2D eigenvalue weighted by molar-refractivity contribution is 1.03. The van der Waals surface area contributed by atoms with E-state index in [-0.39, 0.29) is 0 Å². The molecule has 2 aromatic heterocycles. The van der Waals surface area contributed by atoms with Crippen molar-refractivity contribution in [3.05, 3.63) is 65.9 Å². The highest BCUT2D eigenvalue weighted by atomic mass is 14.7. The SMILES string of the molecule is N#C/C(=C(/N)Cc1ccccn1)c1ccccn1. The average molecular weight is 236 g/mol. The van der Waals surface area contributed by atoms with Crippen LogP contribution in [-0.4, -0.2) is 9.97 Å². The van der Waals surface area contributed by atoms with Gasteiger partial charge in [0, 0.05) is 30.2 Å². The number of nitriles is 1. The van der Waals surface area contributed by atoms with Crippen LogP contribution in [0.15, 0.2) is 54.5 Å². The van der Waals surface area contributed by atoms with Gasteiger partial charge in [-0.25, -0.2) is 0 Å². The molecule has 0 unspecified atom stereocenters. The molecule has 2 heterocycles. The van der Waals surface area contributed by atoms with Gasteiger partial charge in [-0.1, -0.05) is 12.1 Å². The van der Waals surface area contributed by atoms with Crippen molar-refractivity contribution in [2.45, 2.75) is 6.42 Å². The summed E-state index contributed by atoms with van der Waals surface area (Å²) in [6.45, 7) is 0. The summed E-state index contributed by atoms with van der Waals surface area (Å²) in [5, 5.41) is 9.18. The molecule has 2 N–H and O–H groups in total. The van der Waals surface area contributed by atoms with Crippen LogP contribution in [0.5, 0.6) is 0 Å². The largest absolute Gasteiger partial charge is 0.401 e. The maximum atomic E-state index is 9.18. The molecule has 0 aromatic carbocycles. The zero-order valence-electron chi connectivity index (χ0n) is 9.74. The van der Waals surface area contributed by atoms with E-state index in [0.29, 0.717) is 23.4 Å². The van der Waals surface area contributed by atoms with Gasteiger partial charge in [0.1, 0.15) is 6.07 Å². The topological polar surface area (TPSA) is 75.6 Å². The molecule has 0 saturated heterocycles. The lowest BCUT2D eigenvalue weighted by atomic mass is 10.1. The first-order chi connectivity index (χ1) is 8.81. The Kier molecular flexibility index (Phi) is 3.67. The van der Waals surface area contributed by atoms with Gasteiger partial charge in [0.15, 0.2) is 0 Å². The van der Waals surface area contributed by atoms with E-state index < -0.39 is 0 Å². The van der Waals surface area contributed by atoms with E-state index >= 15 is 0 Å². The van der Waals surface area contributed by atoms with Crippen molar-refractivity contribution in [1.82, 2.24) is 9.97 Å². The Morgan fingerprint density at radius 1 is 1.11 bits per heavy atom. The summed E-state index contributed by atoms with van der Waals surface area (Å²) in [6.07, 6.45) is 3.79. The van der Waals surface area contributed by atoms with Crippen LogP contribution in [0, 0.1) is 11.3 Å². The van der Waals surface area contributed by atoms with Crippen molar-refractivity contribution in [2.75, 3.05) is 0 Å². The van der Waals surface area contributed by atoms with Crippen molar-refractivity contribution < 1.29 is 0 Å². The standard InChI is InChI=1S/C14H12N4/c15-10-12(14-6-2-4-8-18-14)13(16)9-11-5-1-3-7-17-11/h1-8H,9,16H2/b13-12-. The molecule has 2 rings (SSSR count). The fourth-order valence-corrected chi connectivity index (χ4v) is 1.59. The first kappa shape index (κ1) is 11.8. The number of aromatic nitrogens is 2. The lowest BCUT2D eigenvalue weighted by Gasteiger charge is -2.04. The number of nitrogens with two attached hydrogens (primary N) is 1. The Hall–Kier alpha value is -2.67. The quantitative estimate of drug-likeness (QED) is 0.826. The summed E-state index contributed by atoms with van der Waals surface area (Å²) in [6, 6.07) is 13.1. The van der Waals surface area contributed by atoms with Gasteiger partial charge in [0.2, 0.25) is 0 Å². The minimum absolute atomic E-state index is 0.404. The first-order valence-corrected chi connectivity index (χ1v) is 5.51. The van der Waals surface area contributed by atoms with E-state index in [4.69, 9.17) is 5.73 Å². The fourth-order valence-electron chi connectivity index (χ4n) is 1.59. The number of allylic oxidation sites excluding steroid dienone is 2. The van der Waals surface area contributed by atoms with Crippen LogP contribution >= 0.6 is 0 Å². The van der Waals surface area contributed by atoms with Crippen LogP contribution in [0.3, 0.4) is 0 Å². The minimum atomic E-state index is 0.404. The van der Waals surface area contributed by atoms with E-state index in [9.17, 15) is 5.26 Å². The number of hydrogen-bond acceptors (Lipinski definition) is 4. The van der Waals surface area contributed by atoms with Crippen molar-refractivity contribution in [1.29, 1.82) is 5.26 Å². The molecule has 0 saturated carbocycles. The maximum absolute atomic E-state index is 9.18. The molecule has 4 heteroatoms. The van der Waals surface area contributed by atoms with Crippen molar-refractivity contribution in [3.63, 3.8) is 0 Å². The van der Waals surface area contributed by atoms with Gasteiger partial charge in [0.05, 0.1) is 11.3 Å². The molecule has 0 aliphatic heterocycles. The Morgan fingerprint density at radius 2 is 1.83 bits per heavy atom. The van der Waals surface area contributed by atoms with Crippen LogP contribution in [0.4, 0.5) is 0 Å². The third-order valence-electron chi connectivity index (χ3n) is 2.45. The molecule has 0 aliphatic carbocycles. The first-order valence-electron chi connectivity index (χ1n) is 5.51. The van der Waals surface area contributed by atoms with E-state index in [1.807, 2.05) is 24.3 Å². The third-order valence-corrected chi connectivity index (χ3v) is 2.45. The van der Waals surface area contributed by atoms with Crippen molar-refractivity contribution >= 4 is 5.57 Å². The number of nitrogens with zero attached hydrogens (tertiary/aromatic N) is 3. The van der Waals surface area contributed by atoms with Crippen LogP contribution in [0.25, 0.3) is 5.57 Å². The Labute approximate surface area is 105 Å². The lowest BCUT2D eigenvalue weighted by Crippen LogP contribution is -2.06. The van der Waals surface area contributed by atoms with Crippen molar-refractivity contribution in [2.24, 2.45) is 5.73 Å². The second kappa shape index (κ2) is 5.60. The van der Waals surface area contributed by atoms with Gasteiger partial charge in [-0.3, -0.25) is 9.97 Å². The van der Waals surface area contributed by atoms with E-state index in [0.717, 1.165) is 5.69 Å². The van der Waals surface area contributed by atoms with Gasteiger partial charge in [-0.15, -0.1) is 0 Å². The third kappa shape index (κ3) is 2.71. The van der Waals surface area contributed by atoms with Gasteiger partial charge in [0.25, 0.3) is 0 Å². The summed E-state index contributed by atoms with van der Waals surface area (Å²) >= 11 is 0. The Bertz CT molecular complexity index is 582. The summed E-state index contributed by atoms with van der Waals surface area (Å²) in [7, 11) is 0. The molecule has 0 bridgehead atoms. The summed E-state index contributed by atoms with van der Waals surface area (Å²) in [4.78, 5) is 8.32.